The molecular formula is C19H33NO2. The average molecular weight is 307 g/mol. The van der Waals surface area contributed by atoms with Gasteiger partial charge in [-0.15, -0.1) is 0 Å². The number of carbonyl (C=O) groups is 2. The van der Waals surface area contributed by atoms with Gasteiger partial charge in [0.1, 0.15) is 0 Å². The second kappa shape index (κ2) is 8.30. The molecule has 0 aromatic heterocycles. The Morgan fingerprint density at radius 3 is 1.95 bits per heavy atom. The van der Waals surface area contributed by atoms with Gasteiger partial charge >= 0.3 is 0 Å². The Kier molecular flexibility index (Phi) is 7.78. The number of amides is 1. The molecule has 0 aliphatic heterocycles. The Balaban J connectivity index is 5.36. The zero-order valence-corrected chi connectivity index (χ0v) is 15.6. The van der Waals surface area contributed by atoms with Crippen LogP contribution in [0.25, 0.3) is 0 Å². The zero-order valence-electron chi connectivity index (χ0n) is 15.6. The Morgan fingerprint density at radius 1 is 1.00 bits per heavy atom. The highest BCUT2D eigenvalue weighted by atomic mass is 16.2. The summed E-state index contributed by atoms with van der Waals surface area (Å²) in [6.45, 7) is 16.0. The summed E-state index contributed by atoms with van der Waals surface area (Å²) in [5.74, 6) is -0.0707. The van der Waals surface area contributed by atoms with E-state index in [0.29, 0.717) is 5.57 Å². The highest BCUT2D eigenvalue weighted by Crippen LogP contribution is 2.37. The Morgan fingerprint density at radius 2 is 1.55 bits per heavy atom. The molecule has 22 heavy (non-hydrogen) atoms. The molecule has 3 nitrogen and oxygen atoms in total. The average Bonchev–Trinajstić information content (AvgIpc) is 2.43. The van der Waals surface area contributed by atoms with Crippen LogP contribution >= 0.6 is 0 Å². The van der Waals surface area contributed by atoms with Gasteiger partial charge in [-0.1, -0.05) is 40.2 Å². The van der Waals surface area contributed by atoms with Crippen LogP contribution in [0.4, 0.5) is 0 Å². The summed E-state index contributed by atoms with van der Waals surface area (Å²) in [6.07, 6.45) is 6.16. The van der Waals surface area contributed by atoms with Crippen LogP contribution in [0, 0.1) is 5.41 Å². The molecule has 0 aliphatic carbocycles. The molecule has 3 heteroatoms. The summed E-state index contributed by atoms with van der Waals surface area (Å²) in [6, 6.07) is 0. The fourth-order valence-electron chi connectivity index (χ4n) is 2.35. The van der Waals surface area contributed by atoms with Gasteiger partial charge in [0.05, 0.1) is 0 Å². The first-order valence-electron chi connectivity index (χ1n) is 8.19. The van der Waals surface area contributed by atoms with Crippen molar-refractivity contribution in [3.8, 4) is 0 Å². The molecule has 0 fully saturated rings. The number of rotatable bonds is 8. The van der Waals surface area contributed by atoms with Crippen LogP contribution in [0.1, 0.15) is 74.7 Å². The Bertz CT molecular complexity index is 472. The fraction of sp³-hybridized carbons (Fsp3) is 0.684. The van der Waals surface area contributed by atoms with E-state index in [9.17, 15) is 9.59 Å². The first-order chi connectivity index (χ1) is 10.0. The van der Waals surface area contributed by atoms with Crippen molar-refractivity contribution in [3.05, 3.63) is 23.3 Å². The minimum absolute atomic E-state index is 0.0160. The van der Waals surface area contributed by atoms with E-state index in [1.807, 2.05) is 6.92 Å². The lowest BCUT2D eigenvalue weighted by Gasteiger charge is -2.45. The molecule has 0 saturated heterocycles. The van der Waals surface area contributed by atoms with Crippen LogP contribution in [-0.2, 0) is 9.59 Å². The maximum Gasteiger partial charge on any atom is 0.247 e. The number of allylic oxidation sites excluding steroid dienone is 3. The van der Waals surface area contributed by atoms with Crippen molar-refractivity contribution in [2.24, 2.45) is 5.41 Å². The second-order valence-corrected chi connectivity index (χ2v) is 7.03. The Labute approximate surface area is 136 Å². The largest absolute Gasteiger partial charge is 0.347 e. The highest BCUT2D eigenvalue weighted by Gasteiger charge is 2.40. The van der Waals surface area contributed by atoms with Crippen molar-refractivity contribution in [3.63, 3.8) is 0 Å². The lowest BCUT2D eigenvalue weighted by atomic mass is 9.69. The monoisotopic (exact) mass is 307 g/mol. The van der Waals surface area contributed by atoms with Crippen molar-refractivity contribution in [2.75, 3.05) is 0 Å². The summed E-state index contributed by atoms with van der Waals surface area (Å²) in [5, 5.41) is 3.24. The van der Waals surface area contributed by atoms with Gasteiger partial charge in [-0.25, -0.2) is 0 Å². The molecule has 0 rings (SSSR count). The van der Waals surface area contributed by atoms with E-state index in [4.69, 9.17) is 0 Å². The minimum atomic E-state index is -0.251. The van der Waals surface area contributed by atoms with Gasteiger partial charge in [0.15, 0.2) is 5.78 Å². The molecule has 0 aliphatic rings. The summed E-state index contributed by atoms with van der Waals surface area (Å²) in [4.78, 5) is 23.6. The standard InChI is InChI=1S/C19H33NO2/c1-9-13-19(8,18(6,7)10-2)20-17(22)16(5)14(3)11-12-15(4)21/h11-12H,9-10,13H2,1-8H3,(H,20,22)/b12-11-,16-14+. The van der Waals surface area contributed by atoms with Crippen molar-refractivity contribution in [1.82, 2.24) is 5.32 Å². The topological polar surface area (TPSA) is 46.2 Å². The molecule has 1 unspecified atom stereocenters. The minimum Gasteiger partial charge on any atom is -0.347 e. The summed E-state index contributed by atoms with van der Waals surface area (Å²) in [5.41, 5.74) is 1.24. The van der Waals surface area contributed by atoms with Crippen LogP contribution in [0.5, 0.6) is 0 Å². The molecule has 1 amide bonds. The molecular weight excluding hydrogens is 274 g/mol. The number of hydrogen-bond donors (Lipinski definition) is 1. The quantitative estimate of drug-likeness (QED) is 0.527. The van der Waals surface area contributed by atoms with E-state index in [2.05, 4.69) is 39.9 Å². The van der Waals surface area contributed by atoms with Crippen LogP contribution < -0.4 is 5.32 Å². The maximum atomic E-state index is 12.6. The molecule has 126 valence electrons. The number of hydrogen-bond acceptors (Lipinski definition) is 2. The molecule has 1 N–H and O–H groups in total. The summed E-state index contributed by atoms with van der Waals surface area (Å²) < 4.78 is 0. The number of nitrogens with one attached hydrogen (secondary N) is 1. The van der Waals surface area contributed by atoms with E-state index in [-0.39, 0.29) is 22.6 Å². The normalized spacial score (nSPS) is 16.2. The van der Waals surface area contributed by atoms with E-state index >= 15 is 0 Å². The summed E-state index contributed by atoms with van der Waals surface area (Å²) >= 11 is 0. The fourth-order valence-corrected chi connectivity index (χ4v) is 2.35. The predicted octanol–water partition coefficient (Wildman–Crippen LogP) is 4.58. The summed E-state index contributed by atoms with van der Waals surface area (Å²) in [7, 11) is 0. The SMILES string of the molecule is CCCC(C)(NC(=O)/C(C)=C(C)/C=C\C(C)=O)C(C)(C)CC. The van der Waals surface area contributed by atoms with Crippen LogP contribution in [0.15, 0.2) is 23.3 Å². The van der Waals surface area contributed by atoms with Gasteiger partial charge < -0.3 is 5.32 Å². The van der Waals surface area contributed by atoms with Crippen LogP contribution in [-0.4, -0.2) is 17.2 Å². The first-order valence-corrected chi connectivity index (χ1v) is 8.19. The van der Waals surface area contributed by atoms with Crippen molar-refractivity contribution >= 4 is 11.7 Å². The highest BCUT2D eigenvalue weighted by molar-refractivity contribution is 5.95. The van der Waals surface area contributed by atoms with Crippen LogP contribution in [0.2, 0.25) is 0 Å². The third-order valence-corrected chi connectivity index (χ3v) is 5.02. The lowest BCUT2D eigenvalue weighted by molar-refractivity contribution is -0.121. The molecule has 0 aromatic carbocycles. The predicted molar refractivity (Wildman–Crippen MR) is 93.7 cm³/mol. The molecule has 0 heterocycles. The van der Waals surface area contributed by atoms with Gasteiger partial charge in [0, 0.05) is 11.1 Å². The third-order valence-electron chi connectivity index (χ3n) is 5.02. The smallest absolute Gasteiger partial charge is 0.247 e. The van der Waals surface area contributed by atoms with Gasteiger partial charge in [-0.05, 0) is 57.6 Å². The van der Waals surface area contributed by atoms with E-state index in [0.717, 1.165) is 24.8 Å². The van der Waals surface area contributed by atoms with Crippen molar-refractivity contribution in [1.29, 1.82) is 0 Å². The maximum absolute atomic E-state index is 12.6. The van der Waals surface area contributed by atoms with Gasteiger partial charge in [0.2, 0.25) is 5.91 Å². The van der Waals surface area contributed by atoms with Crippen molar-refractivity contribution < 1.29 is 9.59 Å². The van der Waals surface area contributed by atoms with Crippen LogP contribution in [0.3, 0.4) is 0 Å². The molecule has 0 spiro atoms. The molecule has 0 radical (unpaired) electrons. The van der Waals surface area contributed by atoms with Gasteiger partial charge in [0.25, 0.3) is 0 Å². The van der Waals surface area contributed by atoms with E-state index in [1.165, 1.54) is 13.0 Å². The van der Waals surface area contributed by atoms with Crippen molar-refractivity contribution in [2.45, 2.75) is 80.2 Å². The third kappa shape index (κ3) is 5.43. The van der Waals surface area contributed by atoms with Gasteiger partial charge in [-0.2, -0.15) is 0 Å². The molecule has 1 atom stereocenters. The first kappa shape index (κ1) is 20.6. The Hall–Kier alpha value is -1.38. The molecule has 0 bridgehead atoms. The molecule has 0 saturated carbocycles. The zero-order chi connectivity index (χ0) is 17.6. The van der Waals surface area contributed by atoms with Gasteiger partial charge in [-0.3, -0.25) is 9.59 Å². The van der Waals surface area contributed by atoms with E-state index < -0.39 is 0 Å². The molecule has 0 aromatic rings. The lowest BCUT2D eigenvalue weighted by Crippen LogP contribution is -2.56. The number of ketones is 1. The van der Waals surface area contributed by atoms with E-state index in [1.54, 1.807) is 13.0 Å². The second-order valence-electron chi connectivity index (χ2n) is 7.03. The number of carbonyl (C=O) groups excluding carboxylic acids is 2.